The van der Waals surface area contributed by atoms with Gasteiger partial charge < -0.3 is 10.2 Å². The fraction of sp³-hybridized carbons (Fsp3) is 0.625. The number of hydrogen-bond donors (Lipinski definition) is 1. The van der Waals surface area contributed by atoms with Crippen LogP contribution >= 0.6 is 0 Å². The number of pyridine rings is 1. The SMILES string of the molecule is Cc1cccc(C(=O)NCCCN2CCCCCC2)n1. The molecule has 4 nitrogen and oxygen atoms in total. The quantitative estimate of drug-likeness (QED) is 0.839. The average Bonchev–Trinajstić information content (AvgIpc) is 2.72. The molecule has 0 bridgehead atoms. The number of hydrogen-bond acceptors (Lipinski definition) is 3. The first-order valence-corrected chi connectivity index (χ1v) is 7.70. The van der Waals surface area contributed by atoms with Gasteiger partial charge in [-0.15, -0.1) is 0 Å². The van der Waals surface area contributed by atoms with Crippen LogP contribution in [0.15, 0.2) is 18.2 Å². The highest BCUT2D eigenvalue weighted by Crippen LogP contribution is 2.09. The van der Waals surface area contributed by atoms with Crippen LogP contribution in [0.2, 0.25) is 0 Å². The fourth-order valence-electron chi connectivity index (χ4n) is 2.62. The molecule has 0 atom stereocenters. The predicted molar refractivity (Wildman–Crippen MR) is 80.8 cm³/mol. The summed E-state index contributed by atoms with van der Waals surface area (Å²) in [5, 5.41) is 2.95. The first kappa shape index (κ1) is 15.0. The summed E-state index contributed by atoms with van der Waals surface area (Å²) >= 11 is 0. The molecule has 4 heteroatoms. The standard InChI is InChI=1S/C16H25N3O/c1-14-8-6-9-15(18-14)16(20)17-10-7-13-19-11-4-2-3-5-12-19/h6,8-9H,2-5,7,10-13H2,1H3,(H,17,20). The van der Waals surface area contributed by atoms with Crippen molar-refractivity contribution in [3.63, 3.8) is 0 Å². The van der Waals surface area contributed by atoms with E-state index in [2.05, 4.69) is 15.2 Å². The van der Waals surface area contributed by atoms with Crippen molar-refractivity contribution < 1.29 is 4.79 Å². The lowest BCUT2D eigenvalue weighted by Crippen LogP contribution is -2.31. The molecule has 1 fully saturated rings. The Morgan fingerprint density at radius 2 is 2.00 bits per heavy atom. The Morgan fingerprint density at radius 3 is 2.70 bits per heavy atom. The molecule has 110 valence electrons. The average molecular weight is 275 g/mol. The van der Waals surface area contributed by atoms with E-state index < -0.39 is 0 Å². The molecular weight excluding hydrogens is 250 g/mol. The van der Waals surface area contributed by atoms with Crippen LogP contribution in [0, 0.1) is 6.92 Å². The number of aryl methyl sites for hydroxylation is 1. The van der Waals surface area contributed by atoms with Crippen molar-refractivity contribution in [3.8, 4) is 0 Å². The Bertz CT molecular complexity index is 425. The molecule has 0 aliphatic carbocycles. The van der Waals surface area contributed by atoms with Gasteiger partial charge in [-0.2, -0.15) is 0 Å². The molecule has 1 amide bonds. The highest BCUT2D eigenvalue weighted by Gasteiger charge is 2.09. The number of nitrogens with zero attached hydrogens (tertiary/aromatic N) is 2. The van der Waals surface area contributed by atoms with Gasteiger partial charge in [-0.1, -0.05) is 18.9 Å². The maximum absolute atomic E-state index is 11.9. The second kappa shape index (κ2) is 8.00. The summed E-state index contributed by atoms with van der Waals surface area (Å²) in [4.78, 5) is 18.7. The molecule has 1 aliphatic rings. The van der Waals surface area contributed by atoms with Gasteiger partial charge in [0.25, 0.3) is 5.91 Å². The van der Waals surface area contributed by atoms with Crippen LogP contribution in [0.25, 0.3) is 0 Å². The minimum Gasteiger partial charge on any atom is -0.351 e. The van der Waals surface area contributed by atoms with Crippen molar-refractivity contribution in [2.24, 2.45) is 0 Å². The van der Waals surface area contributed by atoms with E-state index in [1.807, 2.05) is 19.1 Å². The lowest BCUT2D eigenvalue weighted by Gasteiger charge is -2.19. The first-order chi connectivity index (χ1) is 9.75. The summed E-state index contributed by atoms with van der Waals surface area (Å²) in [5.41, 5.74) is 1.39. The minimum atomic E-state index is -0.0652. The molecule has 1 aromatic rings. The molecule has 1 saturated heterocycles. The Hall–Kier alpha value is -1.42. The second-order valence-corrected chi connectivity index (χ2v) is 5.53. The molecule has 2 rings (SSSR count). The third-order valence-corrected chi connectivity index (χ3v) is 3.76. The van der Waals surface area contributed by atoms with Gasteiger partial charge in [0.2, 0.25) is 0 Å². The van der Waals surface area contributed by atoms with Crippen molar-refractivity contribution in [1.29, 1.82) is 0 Å². The zero-order valence-corrected chi connectivity index (χ0v) is 12.4. The molecule has 1 N–H and O–H groups in total. The lowest BCUT2D eigenvalue weighted by molar-refractivity contribution is 0.0946. The summed E-state index contributed by atoms with van der Waals surface area (Å²) < 4.78 is 0. The molecule has 1 aliphatic heterocycles. The normalized spacial score (nSPS) is 16.6. The maximum Gasteiger partial charge on any atom is 0.269 e. The van der Waals surface area contributed by atoms with Crippen LogP contribution in [0.5, 0.6) is 0 Å². The Labute approximate surface area is 121 Å². The summed E-state index contributed by atoms with van der Waals surface area (Å²) in [6, 6.07) is 5.53. The number of nitrogens with one attached hydrogen (secondary N) is 1. The molecule has 2 heterocycles. The van der Waals surface area contributed by atoms with Crippen LogP contribution in [0.1, 0.15) is 48.3 Å². The van der Waals surface area contributed by atoms with E-state index in [0.717, 1.165) is 25.2 Å². The van der Waals surface area contributed by atoms with Crippen molar-refractivity contribution >= 4 is 5.91 Å². The number of carbonyl (C=O) groups excluding carboxylic acids is 1. The van der Waals surface area contributed by atoms with Gasteiger partial charge in [0, 0.05) is 12.2 Å². The zero-order chi connectivity index (χ0) is 14.2. The second-order valence-electron chi connectivity index (χ2n) is 5.53. The predicted octanol–water partition coefficient (Wildman–Crippen LogP) is 2.39. The van der Waals surface area contributed by atoms with E-state index >= 15 is 0 Å². The molecule has 0 radical (unpaired) electrons. The summed E-state index contributed by atoms with van der Waals surface area (Å²) in [7, 11) is 0. The molecular formula is C16H25N3O. The van der Waals surface area contributed by atoms with Gasteiger partial charge in [0.15, 0.2) is 0 Å². The Kier molecular flexibility index (Phi) is 5.99. The van der Waals surface area contributed by atoms with Crippen LogP contribution in [0.4, 0.5) is 0 Å². The molecule has 20 heavy (non-hydrogen) atoms. The highest BCUT2D eigenvalue weighted by atomic mass is 16.1. The molecule has 0 aromatic carbocycles. The third-order valence-electron chi connectivity index (χ3n) is 3.76. The summed E-state index contributed by atoms with van der Waals surface area (Å²) in [6.45, 7) is 6.14. The molecule has 1 aromatic heterocycles. The number of likely N-dealkylation sites (tertiary alicyclic amines) is 1. The Morgan fingerprint density at radius 1 is 1.25 bits per heavy atom. The molecule has 0 spiro atoms. The van der Waals surface area contributed by atoms with Crippen LogP contribution in [-0.4, -0.2) is 42.0 Å². The number of carbonyl (C=O) groups is 1. The van der Waals surface area contributed by atoms with Crippen molar-refractivity contribution in [3.05, 3.63) is 29.6 Å². The van der Waals surface area contributed by atoms with E-state index in [4.69, 9.17) is 0 Å². The molecule has 0 saturated carbocycles. The minimum absolute atomic E-state index is 0.0652. The third kappa shape index (κ3) is 4.93. The van der Waals surface area contributed by atoms with E-state index in [-0.39, 0.29) is 5.91 Å². The lowest BCUT2D eigenvalue weighted by atomic mass is 10.2. The van der Waals surface area contributed by atoms with Crippen molar-refractivity contribution in [2.45, 2.75) is 39.0 Å². The van der Waals surface area contributed by atoms with Gasteiger partial charge in [-0.3, -0.25) is 4.79 Å². The number of rotatable bonds is 5. The van der Waals surface area contributed by atoms with E-state index in [1.165, 1.54) is 38.8 Å². The van der Waals surface area contributed by atoms with Crippen LogP contribution < -0.4 is 5.32 Å². The zero-order valence-electron chi connectivity index (χ0n) is 12.4. The number of aromatic nitrogens is 1. The monoisotopic (exact) mass is 275 g/mol. The smallest absolute Gasteiger partial charge is 0.269 e. The van der Waals surface area contributed by atoms with Crippen molar-refractivity contribution in [1.82, 2.24) is 15.2 Å². The van der Waals surface area contributed by atoms with E-state index in [9.17, 15) is 4.79 Å². The van der Waals surface area contributed by atoms with Crippen LogP contribution in [-0.2, 0) is 0 Å². The highest BCUT2D eigenvalue weighted by molar-refractivity contribution is 5.92. The van der Waals surface area contributed by atoms with Crippen LogP contribution in [0.3, 0.4) is 0 Å². The maximum atomic E-state index is 11.9. The topological polar surface area (TPSA) is 45.2 Å². The van der Waals surface area contributed by atoms with Crippen molar-refractivity contribution in [2.75, 3.05) is 26.2 Å². The first-order valence-electron chi connectivity index (χ1n) is 7.70. The van der Waals surface area contributed by atoms with Gasteiger partial charge in [0.1, 0.15) is 5.69 Å². The van der Waals surface area contributed by atoms with E-state index in [1.54, 1.807) is 6.07 Å². The van der Waals surface area contributed by atoms with Gasteiger partial charge in [-0.25, -0.2) is 4.98 Å². The van der Waals surface area contributed by atoms with E-state index in [0.29, 0.717) is 5.69 Å². The largest absolute Gasteiger partial charge is 0.351 e. The number of amides is 1. The van der Waals surface area contributed by atoms with Gasteiger partial charge in [-0.05, 0) is 58.0 Å². The fourth-order valence-corrected chi connectivity index (χ4v) is 2.62. The Balaban J connectivity index is 1.66. The van der Waals surface area contributed by atoms with Gasteiger partial charge in [0.05, 0.1) is 0 Å². The van der Waals surface area contributed by atoms with Gasteiger partial charge >= 0.3 is 0 Å². The summed E-state index contributed by atoms with van der Waals surface area (Å²) in [6.07, 6.45) is 6.38. The molecule has 0 unspecified atom stereocenters. The summed E-state index contributed by atoms with van der Waals surface area (Å²) in [5.74, 6) is -0.0652.